The first-order valence-electron chi connectivity index (χ1n) is 11.3. The number of rotatable bonds is 1. The smallest absolute Gasteiger partial charge is 0.148 e. The predicted molar refractivity (Wildman–Crippen MR) is 138 cm³/mol. The standard InChI is InChI=1S/C29H17N5/c1-2-6-18(7-3-1)33-24-9-5-4-8-19(24)21-11-10-20-22-16-30-15-13-25(22)34-26-17-31-14-12-23(26)32-29(34)27(20)28(21)33/h1-17H. The lowest BCUT2D eigenvalue weighted by molar-refractivity contribution is 1.18. The average Bonchev–Trinajstić information content (AvgIpc) is 3.45. The molecule has 0 aliphatic carbocycles. The minimum absolute atomic E-state index is 0.931. The Bertz CT molecular complexity index is 2070. The monoisotopic (exact) mass is 435 g/mol. The van der Waals surface area contributed by atoms with Crippen molar-refractivity contribution in [1.29, 1.82) is 0 Å². The first-order chi connectivity index (χ1) is 16.9. The molecular weight excluding hydrogens is 418 g/mol. The molecule has 8 rings (SSSR count). The maximum atomic E-state index is 5.14. The third kappa shape index (κ3) is 2.16. The van der Waals surface area contributed by atoms with Crippen LogP contribution in [0.15, 0.2) is 104 Å². The highest BCUT2D eigenvalue weighted by Crippen LogP contribution is 2.41. The SMILES string of the molecule is c1ccc(-n2c3ccccc3c3ccc4c5cnccc5n5c6cnccc6nc5c4c32)cc1. The molecule has 5 heteroatoms. The molecule has 0 fully saturated rings. The van der Waals surface area contributed by atoms with Gasteiger partial charge in [0.15, 0.2) is 0 Å². The topological polar surface area (TPSA) is 48.0 Å². The summed E-state index contributed by atoms with van der Waals surface area (Å²) in [6, 6.07) is 27.7. The van der Waals surface area contributed by atoms with Gasteiger partial charge in [0, 0.05) is 40.4 Å². The van der Waals surface area contributed by atoms with Crippen molar-refractivity contribution >= 4 is 60.2 Å². The van der Waals surface area contributed by atoms with Crippen molar-refractivity contribution in [2.24, 2.45) is 0 Å². The summed E-state index contributed by atoms with van der Waals surface area (Å²) in [6.07, 6.45) is 7.50. The molecule has 34 heavy (non-hydrogen) atoms. The molecule has 0 radical (unpaired) electrons. The molecule has 0 unspecified atom stereocenters. The molecule has 5 heterocycles. The van der Waals surface area contributed by atoms with E-state index in [0.717, 1.165) is 49.6 Å². The summed E-state index contributed by atoms with van der Waals surface area (Å²) in [4.78, 5) is 14.0. The fourth-order valence-electron chi connectivity index (χ4n) is 5.48. The van der Waals surface area contributed by atoms with Crippen molar-refractivity contribution in [2.75, 3.05) is 0 Å². The molecule has 0 bridgehead atoms. The second-order valence-corrected chi connectivity index (χ2v) is 8.60. The van der Waals surface area contributed by atoms with E-state index in [1.54, 1.807) is 6.20 Å². The van der Waals surface area contributed by atoms with Gasteiger partial charge in [0.25, 0.3) is 0 Å². The van der Waals surface area contributed by atoms with Crippen LogP contribution in [0, 0.1) is 0 Å². The molecule has 158 valence electrons. The van der Waals surface area contributed by atoms with Crippen molar-refractivity contribution < 1.29 is 0 Å². The second-order valence-electron chi connectivity index (χ2n) is 8.60. The Kier molecular flexibility index (Phi) is 3.34. The highest BCUT2D eigenvalue weighted by molar-refractivity contribution is 6.27. The third-order valence-electron chi connectivity index (χ3n) is 6.86. The Hall–Kier alpha value is -4.77. The molecule has 0 atom stereocenters. The number of benzene rings is 3. The molecule has 3 aromatic carbocycles. The van der Waals surface area contributed by atoms with Crippen LogP contribution in [0.25, 0.3) is 65.8 Å². The molecule has 0 aliphatic rings. The maximum Gasteiger partial charge on any atom is 0.148 e. The number of hydrogen-bond donors (Lipinski definition) is 0. The van der Waals surface area contributed by atoms with Gasteiger partial charge in [-0.2, -0.15) is 0 Å². The maximum absolute atomic E-state index is 5.14. The van der Waals surface area contributed by atoms with Gasteiger partial charge in [0.05, 0.1) is 39.2 Å². The number of hydrogen-bond acceptors (Lipinski definition) is 3. The Balaban J connectivity index is 1.76. The highest BCUT2D eigenvalue weighted by Gasteiger charge is 2.20. The second kappa shape index (κ2) is 6.39. The Morgan fingerprint density at radius 1 is 0.559 bits per heavy atom. The third-order valence-corrected chi connectivity index (χ3v) is 6.86. The van der Waals surface area contributed by atoms with Gasteiger partial charge in [-0.1, -0.05) is 48.5 Å². The van der Waals surface area contributed by atoms with E-state index in [9.17, 15) is 0 Å². The van der Waals surface area contributed by atoms with E-state index in [1.807, 2.05) is 24.7 Å². The van der Waals surface area contributed by atoms with Crippen LogP contribution in [0.4, 0.5) is 0 Å². The zero-order chi connectivity index (χ0) is 22.2. The number of imidazole rings is 1. The summed E-state index contributed by atoms with van der Waals surface area (Å²) < 4.78 is 4.60. The number of aromatic nitrogens is 5. The van der Waals surface area contributed by atoms with Gasteiger partial charge in [-0.3, -0.25) is 14.4 Å². The first kappa shape index (κ1) is 17.7. The van der Waals surface area contributed by atoms with E-state index in [2.05, 4.69) is 91.7 Å². The van der Waals surface area contributed by atoms with Crippen LogP contribution in [0.2, 0.25) is 0 Å². The average molecular weight is 435 g/mol. The van der Waals surface area contributed by atoms with Crippen LogP contribution < -0.4 is 0 Å². The quantitative estimate of drug-likeness (QED) is 0.270. The molecule has 8 aromatic rings. The number of nitrogens with zero attached hydrogens (tertiary/aromatic N) is 5. The minimum Gasteiger partial charge on any atom is -0.308 e. The van der Waals surface area contributed by atoms with Crippen molar-refractivity contribution in [2.45, 2.75) is 0 Å². The number of para-hydroxylation sites is 2. The van der Waals surface area contributed by atoms with Crippen molar-refractivity contribution in [3.8, 4) is 5.69 Å². The fraction of sp³-hybridized carbons (Fsp3) is 0. The summed E-state index contributed by atoms with van der Waals surface area (Å²) in [7, 11) is 0. The molecule has 0 saturated carbocycles. The molecule has 5 nitrogen and oxygen atoms in total. The molecule has 0 N–H and O–H groups in total. The molecule has 0 aliphatic heterocycles. The largest absolute Gasteiger partial charge is 0.308 e. The Morgan fingerprint density at radius 3 is 2.29 bits per heavy atom. The molecule has 0 spiro atoms. The Morgan fingerprint density at radius 2 is 1.35 bits per heavy atom. The van der Waals surface area contributed by atoms with Crippen molar-refractivity contribution in [3.63, 3.8) is 0 Å². The Labute approximate surface area is 193 Å². The number of fused-ring (bicyclic) bond motifs is 12. The predicted octanol–water partition coefficient (Wildman–Crippen LogP) is 6.68. The normalized spacial score (nSPS) is 12.1. The van der Waals surface area contributed by atoms with Crippen LogP contribution >= 0.6 is 0 Å². The van der Waals surface area contributed by atoms with E-state index in [4.69, 9.17) is 4.98 Å². The van der Waals surface area contributed by atoms with Gasteiger partial charge in [-0.15, -0.1) is 0 Å². The zero-order valence-corrected chi connectivity index (χ0v) is 18.1. The molecule has 0 saturated heterocycles. The van der Waals surface area contributed by atoms with Gasteiger partial charge in [0.1, 0.15) is 5.65 Å². The molecule has 0 amide bonds. The summed E-state index contributed by atoms with van der Waals surface area (Å²) in [5.41, 5.74) is 7.40. The van der Waals surface area contributed by atoms with Crippen LogP contribution in [-0.2, 0) is 0 Å². The van der Waals surface area contributed by atoms with E-state index in [0.29, 0.717) is 0 Å². The minimum atomic E-state index is 0.931. The van der Waals surface area contributed by atoms with Crippen LogP contribution in [0.1, 0.15) is 0 Å². The summed E-state index contributed by atoms with van der Waals surface area (Å²) in [5.74, 6) is 0. The lowest BCUT2D eigenvalue weighted by atomic mass is 10.0. The number of pyridine rings is 3. The van der Waals surface area contributed by atoms with Crippen LogP contribution in [0.3, 0.4) is 0 Å². The van der Waals surface area contributed by atoms with Gasteiger partial charge in [-0.25, -0.2) is 4.98 Å². The van der Waals surface area contributed by atoms with E-state index in [-0.39, 0.29) is 0 Å². The summed E-state index contributed by atoms with van der Waals surface area (Å²) in [5, 5.41) is 5.80. The molecular formula is C29H17N5. The van der Waals surface area contributed by atoms with E-state index < -0.39 is 0 Å². The van der Waals surface area contributed by atoms with E-state index >= 15 is 0 Å². The summed E-state index contributed by atoms with van der Waals surface area (Å²) in [6.45, 7) is 0. The van der Waals surface area contributed by atoms with Crippen molar-refractivity contribution in [1.82, 2.24) is 23.9 Å². The highest BCUT2D eigenvalue weighted by atomic mass is 15.0. The zero-order valence-electron chi connectivity index (χ0n) is 18.1. The summed E-state index contributed by atoms with van der Waals surface area (Å²) >= 11 is 0. The van der Waals surface area contributed by atoms with Crippen LogP contribution in [-0.4, -0.2) is 23.9 Å². The van der Waals surface area contributed by atoms with Crippen LogP contribution in [0.5, 0.6) is 0 Å². The van der Waals surface area contributed by atoms with Crippen molar-refractivity contribution in [3.05, 3.63) is 104 Å². The fourth-order valence-corrected chi connectivity index (χ4v) is 5.48. The van der Waals surface area contributed by atoms with E-state index in [1.165, 1.54) is 16.3 Å². The van der Waals surface area contributed by atoms with Gasteiger partial charge >= 0.3 is 0 Å². The first-order valence-corrected chi connectivity index (χ1v) is 11.3. The van der Waals surface area contributed by atoms with Gasteiger partial charge in [-0.05, 0) is 35.7 Å². The van der Waals surface area contributed by atoms with Gasteiger partial charge < -0.3 is 4.57 Å². The lowest BCUT2D eigenvalue weighted by Crippen LogP contribution is -1.97. The lowest BCUT2D eigenvalue weighted by Gasteiger charge is -2.13. The molecule has 5 aromatic heterocycles. The van der Waals surface area contributed by atoms with Gasteiger partial charge in [0.2, 0.25) is 0 Å².